The average molecular weight is 365 g/mol. The lowest BCUT2D eigenvalue weighted by Crippen LogP contribution is -2.41. The van der Waals surface area contributed by atoms with Crippen molar-refractivity contribution in [1.29, 1.82) is 0 Å². The topological polar surface area (TPSA) is 42.4 Å². The van der Waals surface area contributed by atoms with Crippen molar-refractivity contribution in [2.24, 2.45) is 0 Å². The van der Waals surface area contributed by atoms with Gasteiger partial charge in [-0.3, -0.25) is 0 Å². The van der Waals surface area contributed by atoms with Gasteiger partial charge in [-0.2, -0.15) is 13.2 Å². The molecular formula is C16H20ClF3N2O2. The van der Waals surface area contributed by atoms with E-state index in [-0.39, 0.29) is 16.6 Å². The van der Waals surface area contributed by atoms with Gasteiger partial charge in [0, 0.05) is 19.0 Å². The summed E-state index contributed by atoms with van der Waals surface area (Å²) in [6.45, 7) is 6.14. The number of piperidine rings is 1. The molecule has 8 heteroatoms. The lowest BCUT2D eigenvalue weighted by molar-refractivity contribution is -0.141. The number of aromatic nitrogens is 1. The van der Waals surface area contributed by atoms with Gasteiger partial charge in [0.05, 0.1) is 10.7 Å². The monoisotopic (exact) mass is 364 g/mol. The van der Waals surface area contributed by atoms with Gasteiger partial charge in [0.2, 0.25) is 0 Å². The molecule has 1 amide bonds. The zero-order chi connectivity index (χ0) is 18.1. The Morgan fingerprint density at radius 3 is 2.33 bits per heavy atom. The summed E-state index contributed by atoms with van der Waals surface area (Å²) < 4.78 is 43.8. The van der Waals surface area contributed by atoms with E-state index in [1.165, 1.54) is 6.07 Å². The number of pyridine rings is 1. The maximum Gasteiger partial charge on any atom is 0.433 e. The van der Waals surface area contributed by atoms with Gasteiger partial charge in [0.1, 0.15) is 11.3 Å². The van der Waals surface area contributed by atoms with Crippen molar-refractivity contribution >= 4 is 17.7 Å². The Kier molecular flexibility index (Phi) is 5.32. The summed E-state index contributed by atoms with van der Waals surface area (Å²) in [7, 11) is 0. The van der Waals surface area contributed by atoms with Crippen LogP contribution in [0.4, 0.5) is 18.0 Å². The number of hydrogen-bond acceptors (Lipinski definition) is 3. The van der Waals surface area contributed by atoms with Crippen LogP contribution in [0.1, 0.15) is 50.9 Å². The van der Waals surface area contributed by atoms with Gasteiger partial charge in [-0.25, -0.2) is 9.78 Å². The van der Waals surface area contributed by atoms with Crippen molar-refractivity contribution in [3.8, 4) is 0 Å². The molecule has 1 aromatic heterocycles. The molecule has 1 fully saturated rings. The molecule has 0 bridgehead atoms. The zero-order valence-corrected chi connectivity index (χ0v) is 14.5. The number of rotatable bonds is 1. The van der Waals surface area contributed by atoms with Gasteiger partial charge in [-0.05, 0) is 45.7 Å². The Labute approximate surface area is 143 Å². The van der Waals surface area contributed by atoms with E-state index in [1.54, 1.807) is 25.7 Å². The quantitative estimate of drug-likeness (QED) is 0.714. The Morgan fingerprint density at radius 2 is 1.83 bits per heavy atom. The molecule has 1 aliphatic heterocycles. The fourth-order valence-corrected chi connectivity index (χ4v) is 2.82. The van der Waals surface area contributed by atoms with Crippen molar-refractivity contribution in [3.63, 3.8) is 0 Å². The van der Waals surface area contributed by atoms with Crippen molar-refractivity contribution in [2.45, 2.75) is 51.3 Å². The number of amides is 1. The fraction of sp³-hybridized carbons (Fsp3) is 0.625. The Balaban J connectivity index is 2.06. The number of ether oxygens (including phenoxy) is 1. The summed E-state index contributed by atoms with van der Waals surface area (Å²) >= 11 is 6.03. The van der Waals surface area contributed by atoms with E-state index >= 15 is 0 Å². The van der Waals surface area contributed by atoms with Crippen LogP contribution in [0.5, 0.6) is 0 Å². The van der Waals surface area contributed by atoms with E-state index in [9.17, 15) is 18.0 Å². The predicted molar refractivity (Wildman–Crippen MR) is 84.0 cm³/mol. The molecule has 1 saturated heterocycles. The Bertz CT molecular complexity index is 606. The zero-order valence-electron chi connectivity index (χ0n) is 13.8. The fourth-order valence-electron chi connectivity index (χ4n) is 2.56. The highest BCUT2D eigenvalue weighted by molar-refractivity contribution is 6.31. The van der Waals surface area contributed by atoms with Crippen molar-refractivity contribution in [3.05, 3.63) is 28.5 Å². The minimum absolute atomic E-state index is 0.210. The first-order chi connectivity index (χ1) is 11.0. The van der Waals surface area contributed by atoms with Crippen LogP contribution in [-0.2, 0) is 10.9 Å². The number of hydrogen-bond donors (Lipinski definition) is 0. The number of nitrogens with zero attached hydrogens (tertiary/aromatic N) is 2. The lowest BCUT2D eigenvalue weighted by Gasteiger charge is -2.33. The second kappa shape index (κ2) is 6.78. The summed E-state index contributed by atoms with van der Waals surface area (Å²) in [5.74, 6) is -0.210. The van der Waals surface area contributed by atoms with Gasteiger partial charge < -0.3 is 9.64 Å². The van der Waals surface area contributed by atoms with Crippen molar-refractivity contribution < 1.29 is 22.7 Å². The minimum atomic E-state index is -4.50. The third-order valence-electron chi connectivity index (χ3n) is 3.70. The second-order valence-electron chi connectivity index (χ2n) is 6.80. The van der Waals surface area contributed by atoms with Crippen LogP contribution >= 0.6 is 11.6 Å². The van der Waals surface area contributed by atoms with Crippen LogP contribution in [-0.4, -0.2) is 34.7 Å². The van der Waals surface area contributed by atoms with E-state index in [0.717, 1.165) is 6.07 Å². The molecule has 1 aromatic rings. The molecule has 0 aromatic carbocycles. The molecular weight excluding hydrogens is 345 g/mol. The molecule has 0 unspecified atom stereocenters. The first kappa shape index (κ1) is 18.8. The van der Waals surface area contributed by atoms with Crippen molar-refractivity contribution in [2.75, 3.05) is 13.1 Å². The Morgan fingerprint density at radius 1 is 1.25 bits per heavy atom. The summed E-state index contributed by atoms with van der Waals surface area (Å²) in [4.78, 5) is 17.3. The normalized spacial score (nSPS) is 17.0. The highest BCUT2D eigenvalue weighted by Gasteiger charge is 2.35. The first-order valence-corrected chi connectivity index (χ1v) is 8.07. The molecule has 0 N–H and O–H groups in total. The standard InChI is InChI=1S/C16H20ClF3N2O2/c1-15(2,3)24-14(23)22-8-6-10(7-9-22)13-11(17)4-5-12(21-13)16(18,19)20/h4-5,10H,6-9H2,1-3H3. The molecule has 0 saturated carbocycles. The number of halogens is 4. The number of carbonyl (C=O) groups excluding carboxylic acids is 1. The average Bonchev–Trinajstić information content (AvgIpc) is 2.45. The number of alkyl halides is 3. The predicted octanol–water partition coefficient (Wildman–Crippen LogP) is 4.87. The highest BCUT2D eigenvalue weighted by atomic mass is 35.5. The van der Waals surface area contributed by atoms with E-state index in [2.05, 4.69) is 4.98 Å². The summed E-state index contributed by atoms with van der Waals surface area (Å²) in [6.07, 6.45) is -3.93. The largest absolute Gasteiger partial charge is 0.444 e. The third-order valence-corrected chi connectivity index (χ3v) is 4.02. The summed E-state index contributed by atoms with van der Waals surface area (Å²) in [6, 6.07) is 2.11. The van der Waals surface area contributed by atoms with Gasteiger partial charge in [-0.1, -0.05) is 11.6 Å². The number of carbonyl (C=O) groups is 1. The molecule has 1 aliphatic rings. The SMILES string of the molecule is CC(C)(C)OC(=O)N1CCC(c2nc(C(F)(F)F)ccc2Cl)CC1. The van der Waals surface area contributed by atoms with Gasteiger partial charge in [0.25, 0.3) is 0 Å². The maximum absolute atomic E-state index is 12.8. The lowest BCUT2D eigenvalue weighted by atomic mass is 9.93. The molecule has 134 valence electrons. The summed E-state index contributed by atoms with van der Waals surface area (Å²) in [5.41, 5.74) is -1.29. The minimum Gasteiger partial charge on any atom is -0.444 e. The second-order valence-corrected chi connectivity index (χ2v) is 7.21. The molecule has 2 heterocycles. The molecule has 0 spiro atoms. The van der Waals surface area contributed by atoms with E-state index in [4.69, 9.17) is 16.3 Å². The number of likely N-dealkylation sites (tertiary alicyclic amines) is 1. The van der Waals surface area contributed by atoms with Crippen LogP contribution in [0, 0.1) is 0 Å². The van der Waals surface area contributed by atoms with Crippen molar-refractivity contribution in [1.82, 2.24) is 9.88 Å². The highest BCUT2D eigenvalue weighted by Crippen LogP contribution is 2.35. The van der Waals surface area contributed by atoms with Crippen LogP contribution in [0.15, 0.2) is 12.1 Å². The van der Waals surface area contributed by atoms with Crippen LogP contribution < -0.4 is 0 Å². The van der Waals surface area contributed by atoms with Gasteiger partial charge >= 0.3 is 12.3 Å². The molecule has 4 nitrogen and oxygen atoms in total. The van der Waals surface area contributed by atoms with E-state index in [0.29, 0.717) is 25.9 Å². The third kappa shape index (κ3) is 4.75. The smallest absolute Gasteiger partial charge is 0.433 e. The molecule has 2 rings (SSSR count). The van der Waals surface area contributed by atoms with E-state index in [1.807, 2.05) is 0 Å². The van der Waals surface area contributed by atoms with E-state index < -0.39 is 23.6 Å². The maximum atomic E-state index is 12.8. The van der Waals surface area contributed by atoms with Gasteiger partial charge in [0.15, 0.2) is 0 Å². The van der Waals surface area contributed by atoms with Crippen LogP contribution in [0.3, 0.4) is 0 Å². The summed E-state index contributed by atoms with van der Waals surface area (Å²) in [5, 5.41) is 0.221. The first-order valence-electron chi connectivity index (χ1n) is 7.69. The molecule has 0 radical (unpaired) electrons. The molecule has 0 aliphatic carbocycles. The Hall–Kier alpha value is -1.50. The van der Waals surface area contributed by atoms with Crippen LogP contribution in [0.2, 0.25) is 5.02 Å². The molecule has 24 heavy (non-hydrogen) atoms. The van der Waals surface area contributed by atoms with Crippen LogP contribution in [0.25, 0.3) is 0 Å². The molecule has 0 atom stereocenters. The van der Waals surface area contributed by atoms with Gasteiger partial charge in [-0.15, -0.1) is 0 Å².